The molecule has 2 nitrogen and oxygen atoms in total. The van der Waals surface area contributed by atoms with E-state index in [1.165, 1.54) is 20.8 Å². The highest BCUT2D eigenvalue weighted by molar-refractivity contribution is 5.73. The lowest BCUT2D eigenvalue weighted by molar-refractivity contribution is -0.149. The van der Waals surface area contributed by atoms with Gasteiger partial charge in [0.1, 0.15) is 0 Å². The Morgan fingerprint density at radius 3 is 2.58 bits per heavy atom. The molecule has 72 valence electrons. The zero-order valence-electron chi connectivity index (χ0n) is 10.3. The van der Waals surface area contributed by atoms with E-state index in [1.807, 2.05) is 6.92 Å². The van der Waals surface area contributed by atoms with Gasteiger partial charge in [-0.15, -0.1) is 0 Å². The fourth-order valence-corrected chi connectivity index (χ4v) is 0.785. The molecule has 0 saturated carbocycles. The average Bonchev–Trinajstić information content (AvgIpc) is 2.04. The topological polar surface area (TPSA) is 37.3 Å². The number of carboxylic acid groups (broad SMARTS) is 1. The molecule has 1 N–H and O–H groups in total. The van der Waals surface area contributed by atoms with Crippen LogP contribution in [0.3, 0.4) is 0 Å². The Morgan fingerprint density at radius 1 is 1.75 bits per heavy atom. The van der Waals surface area contributed by atoms with E-state index in [9.17, 15) is 4.79 Å². The first-order chi connectivity index (χ1) is 6.17. The SMILES string of the molecule is [2H]C(CCC)C([2H])(C)C(C)(C)C(=O)O. The zero-order valence-corrected chi connectivity index (χ0v) is 8.35. The largest absolute Gasteiger partial charge is 0.481 e. The molecule has 0 aromatic carbocycles. The van der Waals surface area contributed by atoms with Crippen LogP contribution in [0.25, 0.3) is 0 Å². The molecular weight excluding hydrogens is 152 g/mol. The Balaban J connectivity index is 4.83. The number of hydrogen-bond donors (Lipinski definition) is 1. The van der Waals surface area contributed by atoms with Crippen molar-refractivity contribution in [3.05, 3.63) is 0 Å². The Bertz CT molecular complexity index is 212. The van der Waals surface area contributed by atoms with Gasteiger partial charge in [-0.1, -0.05) is 26.7 Å². The summed E-state index contributed by atoms with van der Waals surface area (Å²) in [7, 11) is 0. The molecule has 0 aromatic rings. The van der Waals surface area contributed by atoms with E-state index in [1.54, 1.807) is 0 Å². The number of carboxylic acids is 1. The molecule has 0 saturated heterocycles. The van der Waals surface area contributed by atoms with Crippen LogP contribution in [0.1, 0.15) is 49.7 Å². The first-order valence-electron chi connectivity index (χ1n) is 5.41. The smallest absolute Gasteiger partial charge is 0.309 e. The first-order valence-corrected chi connectivity index (χ1v) is 4.33. The summed E-state index contributed by atoms with van der Waals surface area (Å²) in [5.41, 5.74) is -1.19. The first kappa shape index (κ1) is 8.09. The van der Waals surface area contributed by atoms with Gasteiger partial charge in [-0.3, -0.25) is 4.79 Å². The molecular formula is C10H20O2. The van der Waals surface area contributed by atoms with Gasteiger partial charge in [-0.2, -0.15) is 0 Å². The maximum Gasteiger partial charge on any atom is 0.309 e. The molecule has 2 heteroatoms. The summed E-state index contributed by atoms with van der Waals surface area (Å²) >= 11 is 0. The predicted octanol–water partition coefficient (Wildman–Crippen LogP) is 2.92. The van der Waals surface area contributed by atoms with Crippen molar-refractivity contribution in [1.29, 1.82) is 0 Å². The van der Waals surface area contributed by atoms with E-state index in [-0.39, 0.29) is 0 Å². The van der Waals surface area contributed by atoms with Crippen LogP contribution in [0, 0.1) is 11.3 Å². The van der Waals surface area contributed by atoms with Gasteiger partial charge in [0.2, 0.25) is 0 Å². The number of rotatable bonds is 5. The Labute approximate surface area is 77.8 Å². The van der Waals surface area contributed by atoms with Crippen molar-refractivity contribution in [2.75, 3.05) is 0 Å². The van der Waals surface area contributed by atoms with Crippen molar-refractivity contribution in [2.45, 2.75) is 46.9 Å². The normalized spacial score (nSPS) is 22.0. The highest BCUT2D eigenvalue weighted by atomic mass is 16.4. The van der Waals surface area contributed by atoms with Crippen LogP contribution in [-0.4, -0.2) is 11.1 Å². The van der Waals surface area contributed by atoms with Crippen LogP contribution in [0.2, 0.25) is 0 Å². The highest BCUT2D eigenvalue weighted by Crippen LogP contribution is 2.30. The molecule has 0 aliphatic rings. The highest BCUT2D eigenvalue weighted by Gasteiger charge is 2.32. The van der Waals surface area contributed by atoms with Gasteiger partial charge in [0.15, 0.2) is 0 Å². The van der Waals surface area contributed by atoms with Gasteiger partial charge in [0, 0.05) is 2.74 Å². The van der Waals surface area contributed by atoms with Crippen molar-refractivity contribution >= 4 is 5.97 Å². The van der Waals surface area contributed by atoms with E-state index in [0.717, 1.165) is 6.42 Å². The quantitative estimate of drug-likeness (QED) is 0.695. The van der Waals surface area contributed by atoms with E-state index in [0.29, 0.717) is 6.42 Å². The second-order valence-corrected chi connectivity index (χ2v) is 3.61. The van der Waals surface area contributed by atoms with Crippen molar-refractivity contribution in [1.82, 2.24) is 0 Å². The van der Waals surface area contributed by atoms with Gasteiger partial charge in [0.05, 0.1) is 5.41 Å². The fourth-order valence-electron chi connectivity index (χ4n) is 0.785. The number of aliphatic carboxylic acids is 1. The van der Waals surface area contributed by atoms with Gasteiger partial charge < -0.3 is 5.11 Å². The fraction of sp³-hybridized carbons (Fsp3) is 0.900. The minimum absolute atomic E-state index is 0.566. The molecule has 0 fully saturated rings. The molecule has 12 heavy (non-hydrogen) atoms. The molecule has 0 radical (unpaired) electrons. The van der Waals surface area contributed by atoms with Crippen molar-refractivity contribution in [3.8, 4) is 0 Å². The maximum atomic E-state index is 11.0. The van der Waals surface area contributed by atoms with E-state index < -0.39 is 23.7 Å². The standard InChI is InChI=1S/C10H20O2/c1-5-6-7-8(2)10(3,4)9(11)12/h8H,5-7H2,1-4H3,(H,11,12)/i7D,8D. The molecule has 0 spiro atoms. The minimum atomic E-state index is -1.26. The van der Waals surface area contributed by atoms with E-state index in [2.05, 4.69) is 0 Å². The third-order valence-electron chi connectivity index (χ3n) is 2.26. The molecule has 0 aliphatic carbocycles. The summed E-state index contributed by atoms with van der Waals surface area (Å²) in [6.07, 6.45) is 0.716. The van der Waals surface area contributed by atoms with Gasteiger partial charge in [0.25, 0.3) is 0 Å². The summed E-state index contributed by atoms with van der Waals surface area (Å²) in [5.74, 6) is -2.27. The summed E-state index contributed by atoms with van der Waals surface area (Å²) in [5, 5.41) is 8.99. The second-order valence-electron chi connectivity index (χ2n) is 3.61. The third kappa shape index (κ3) is 2.84. The molecule has 0 amide bonds. The zero-order chi connectivity index (χ0) is 11.6. The molecule has 0 aliphatic heterocycles. The number of hydrogen-bond acceptors (Lipinski definition) is 1. The van der Waals surface area contributed by atoms with Crippen molar-refractivity contribution in [3.63, 3.8) is 0 Å². The van der Waals surface area contributed by atoms with Crippen LogP contribution >= 0.6 is 0 Å². The van der Waals surface area contributed by atoms with E-state index >= 15 is 0 Å². The van der Waals surface area contributed by atoms with Crippen molar-refractivity contribution < 1.29 is 12.6 Å². The summed E-state index contributed by atoms with van der Waals surface area (Å²) < 4.78 is 15.8. The van der Waals surface area contributed by atoms with Crippen LogP contribution in [-0.2, 0) is 4.79 Å². The van der Waals surface area contributed by atoms with Gasteiger partial charge in [-0.05, 0) is 26.1 Å². The Morgan fingerprint density at radius 2 is 2.25 bits per heavy atom. The van der Waals surface area contributed by atoms with Crippen LogP contribution in [0.4, 0.5) is 0 Å². The van der Waals surface area contributed by atoms with E-state index in [4.69, 9.17) is 7.85 Å². The summed E-state index contributed by atoms with van der Waals surface area (Å²) in [6.45, 7) is 6.50. The molecule has 0 bridgehead atoms. The Hall–Kier alpha value is -0.530. The van der Waals surface area contributed by atoms with Crippen molar-refractivity contribution in [2.24, 2.45) is 11.3 Å². The van der Waals surface area contributed by atoms with Gasteiger partial charge in [-0.25, -0.2) is 0 Å². The lowest BCUT2D eigenvalue weighted by Crippen LogP contribution is -2.31. The Kier molecular flexibility index (Phi) is 3.02. The van der Waals surface area contributed by atoms with Crippen LogP contribution in [0.15, 0.2) is 0 Å². The lowest BCUT2D eigenvalue weighted by Gasteiger charge is -2.26. The lowest BCUT2D eigenvalue weighted by atomic mass is 9.77. The summed E-state index contributed by atoms with van der Waals surface area (Å²) in [4.78, 5) is 11.0. The monoisotopic (exact) mass is 174 g/mol. The molecule has 0 rings (SSSR count). The minimum Gasteiger partial charge on any atom is -0.481 e. The molecule has 2 unspecified atom stereocenters. The molecule has 0 aromatic heterocycles. The average molecular weight is 174 g/mol. The molecule has 0 heterocycles. The number of carbonyl (C=O) groups is 1. The predicted molar refractivity (Wildman–Crippen MR) is 50.1 cm³/mol. The maximum absolute atomic E-state index is 11.0. The third-order valence-corrected chi connectivity index (χ3v) is 2.26. The van der Waals surface area contributed by atoms with Crippen LogP contribution in [0.5, 0.6) is 0 Å². The van der Waals surface area contributed by atoms with Gasteiger partial charge >= 0.3 is 5.97 Å². The van der Waals surface area contributed by atoms with Crippen LogP contribution < -0.4 is 0 Å². The second kappa shape index (κ2) is 4.48. The summed E-state index contributed by atoms with van der Waals surface area (Å²) in [6, 6.07) is 0. The molecule has 2 atom stereocenters.